The summed E-state index contributed by atoms with van der Waals surface area (Å²) in [6, 6.07) is 1.70. The van der Waals surface area contributed by atoms with Crippen LogP contribution in [0.5, 0.6) is 5.75 Å². The van der Waals surface area contributed by atoms with E-state index < -0.39 is 52.6 Å². The van der Waals surface area contributed by atoms with Gasteiger partial charge in [-0.05, 0) is 32.3 Å². The number of halogens is 3. The molecule has 11 heteroatoms. The number of fused-ring (bicyclic) bond motifs is 3. The lowest BCUT2D eigenvalue weighted by Crippen LogP contribution is -2.63. The molecule has 32 heavy (non-hydrogen) atoms. The topological polar surface area (TPSA) is 94.9 Å². The third kappa shape index (κ3) is 3.37. The fourth-order valence-corrected chi connectivity index (χ4v) is 4.22. The zero-order valence-electron chi connectivity index (χ0n) is 17.2. The molecule has 170 valence electrons. The quantitative estimate of drug-likeness (QED) is 0.694. The monoisotopic (exact) mass is 450 g/mol. The van der Waals surface area contributed by atoms with E-state index in [2.05, 4.69) is 5.32 Å². The maximum Gasteiger partial charge on any atom is 0.278 e. The Balaban J connectivity index is 1.69. The molecule has 1 atom stereocenters. The lowest BCUT2D eigenvalue weighted by Gasteiger charge is -2.48. The number of aromatic hydroxyl groups is 1. The first-order valence-corrected chi connectivity index (χ1v) is 10.2. The zero-order valence-corrected chi connectivity index (χ0v) is 17.2. The second kappa shape index (κ2) is 8.21. The van der Waals surface area contributed by atoms with Crippen molar-refractivity contribution in [3.63, 3.8) is 0 Å². The van der Waals surface area contributed by atoms with Gasteiger partial charge in [0.25, 0.3) is 11.8 Å². The summed E-state index contributed by atoms with van der Waals surface area (Å²) in [4.78, 5) is 39.8. The molecule has 4 rings (SSSR count). The summed E-state index contributed by atoms with van der Waals surface area (Å²) in [6.45, 7) is 2.22. The van der Waals surface area contributed by atoms with Crippen molar-refractivity contribution < 1.29 is 27.9 Å². The van der Waals surface area contributed by atoms with E-state index in [9.17, 15) is 32.7 Å². The highest BCUT2D eigenvalue weighted by Crippen LogP contribution is 2.29. The van der Waals surface area contributed by atoms with Crippen molar-refractivity contribution in [2.45, 2.75) is 38.9 Å². The number of amides is 2. The molecule has 0 spiro atoms. The Morgan fingerprint density at radius 2 is 1.94 bits per heavy atom. The zero-order chi connectivity index (χ0) is 23.2. The van der Waals surface area contributed by atoms with Gasteiger partial charge < -0.3 is 15.3 Å². The lowest BCUT2D eigenvalue weighted by molar-refractivity contribution is 0.0534. The number of pyridine rings is 1. The Kier molecular flexibility index (Phi) is 5.57. The van der Waals surface area contributed by atoms with E-state index in [1.165, 1.54) is 10.9 Å². The van der Waals surface area contributed by atoms with Crippen LogP contribution in [-0.2, 0) is 6.54 Å². The van der Waals surface area contributed by atoms with Gasteiger partial charge in [-0.2, -0.15) is 0 Å². The highest BCUT2D eigenvalue weighted by atomic mass is 19.2. The van der Waals surface area contributed by atoms with E-state index in [-0.39, 0.29) is 17.4 Å². The van der Waals surface area contributed by atoms with Crippen LogP contribution in [0.15, 0.2) is 23.1 Å². The third-order valence-electron chi connectivity index (χ3n) is 5.85. The van der Waals surface area contributed by atoms with E-state index in [4.69, 9.17) is 0 Å². The van der Waals surface area contributed by atoms with Crippen molar-refractivity contribution in [1.82, 2.24) is 14.9 Å². The minimum absolute atomic E-state index is 0.224. The standard InChI is InChI=1S/C21H21F3N4O4/c1-2-26-14-5-3-4-8-27(14)28-10-12(18(29)19(30)17(28)21(26)32)20(31)25-9-11-6-7-13(22)16(24)15(11)23/h6-7,10,14,30H,2-5,8-9H2,1H3,(H,25,31)/t14-/m0/s1. The van der Waals surface area contributed by atoms with Crippen molar-refractivity contribution in [1.29, 1.82) is 0 Å². The normalized spacial score (nSPS) is 17.8. The van der Waals surface area contributed by atoms with Crippen LogP contribution in [0, 0.1) is 17.5 Å². The molecule has 1 saturated heterocycles. The van der Waals surface area contributed by atoms with Gasteiger partial charge in [-0.25, -0.2) is 13.2 Å². The average Bonchev–Trinajstić information content (AvgIpc) is 2.79. The fourth-order valence-electron chi connectivity index (χ4n) is 4.22. The number of hydrogen-bond donors (Lipinski definition) is 2. The van der Waals surface area contributed by atoms with E-state index in [1.807, 2.05) is 5.01 Å². The average molecular weight is 450 g/mol. The number of rotatable bonds is 4. The number of carbonyl (C=O) groups is 2. The number of nitrogens with zero attached hydrogens (tertiary/aromatic N) is 3. The van der Waals surface area contributed by atoms with Gasteiger partial charge in [0.1, 0.15) is 11.7 Å². The van der Waals surface area contributed by atoms with Crippen LogP contribution in [0.4, 0.5) is 13.2 Å². The van der Waals surface area contributed by atoms with Crippen LogP contribution in [-0.4, -0.2) is 45.8 Å². The van der Waals surface area contributed by atoms with Gasteiger partial charge in [0, 0.05) is 31.4 Å². The van der Waals surface area contributed by atoms with E-state index in [1.54, 1.807) is 11.8 Å². The summed E-state index contributed by atoms with van der Waals surface area (Å²) in [5.74, 6) is -6.80. The van der Waals surface area contributed by atoms with Gasteiger partial charge in [-0.3, -0.25) is 24.1 Å². The maximum absolute atomic E-state index is 13.9. The summed E-state index contributed by atoms with van der Waals surface area (Å²) in [5, 5.41) is 14.6. The molecule has 2 amide bonds. The summed E-state index contributed by atoms with van der Waals surface area (Å²) >= 11 is 0. The predicted molar refractivity (Wildman–Crippen MR) is 107 cm³/mol. The van der Waals surface area contributed by atoms with Crippen molar-refractivity contribution in [2.75, 3.05) is 18.1 Å². The van der Waals surface area contributed by atoms with Crippen molar-refractivity contribution in [3.8, 4) is 5.75 Å². The molecule has 0 bridgehead atoms. The molecular formula is C21H21F3N4O4. The number of piperidine rings is 1. The second-order valence-electron chi connectivity index (χ2n) is 7.66. The van der Waals surface area contributed by atoms with Crippen LogP contribution in [0.1, 0.15) is 52.6 Å². The molecule has 2 aliphatic rings. The molecule has 0 radical (unpaired) electrons. The highest BCUT2D eigenvalue weighted by Gasteiger charge is 2.40. The third-order valence-corrected chi connectivity index (χ3v) is 5.85. The molecule has 0 aliphatic carbocycles. The molecule has 2 N–H and O–H groups in total. The van der Waals surface area contributed by atoms with Gasteiger partial charge in [0.05, 0.1) is 0 Å². The van der Waals surface area contributed by atoms with Gasteiger partial charge in [0.15, 0.2) is 28.9 Å². The Labute approximate surface area is 180 Å². The summed E-state index contributed by atoms with van der Waals surface area (Å²) in [7, 11) is 0. The smallest absolute Gasteiger partial charge is 0.278 e. The van der Waals surface area contributed by atoms with Crippen LogP contribution >= 0.6 is 0 Å². The molecule has 2 aromatic rings. The van der Waals surface area contributed by atoms with Gasteiger partial charge in [-0.15, -0.1) is 0 Å². The SMILES string of the molecule is CCN1C(=O)c2c(O)c(=O)c(C(=O)NCc3ccc(F)c(F)c3F)cn2N2CCCC[C@@H]12. The minimum Gasteiger partial charge on any atom is -0.502 e. The first-order valence-electron chi connectivity index (χ1n) is 10.2. The molecular weight excluding hydrogens is 429 g/mol. The van der Waals surface area contributed by atoms with Crippen LogP contribution in [0.2, 0.25) is 0 Å². The predicted octanol–water partition coefficient (Wildman–Crippen LogP) is 1.82. The minimum atomic E-state index is -1.67. The number of nitrogens with one attached hydrogen (secondary N) is 1. The second-order valence-corrected chi connectivity index (χ2v) is 7.66. The molecule has 1 aromatic carbocycles. The van der Waals surface area contributed by atoms with E-state index >= 15 is 0 Å². The Morgan fingerprint density at radius 1 is 1.19 bits per heavy atom. The molecule has 1 fully saturated rings. The number of benzene rings is 1. The molecule has 0 saturated carbocycles. The van der Waals surface area contributed by atoms with Crippen molar-refractivity contribution >= 4 is 11.8 Å². The highest BCUT2D eigenvalue weighted by molar-refractivity contribution is 5.99. The van der Waals surface area contributed by atoms with Crippen LogP contribution in [0.25, 0.3) is 0 Å². The Morgan fingerprint density at radius 3 is 2.66 bits per heavy atom. The van der Waals surface area contributed by atoms with Crippen LogP contribution < -0.4 is 15.8 Å². The molecule has 8 nitrogen and oxygen atoms in total. The summed E-state index contributed by atoms with van der Waals surface area (Å²) in [5.41, 5.74) is -2.06. The molecule has 3 heterocycles. The van der Waals surface area contributed by atoms with Gasteiger partial charge in [-0.1, -0.05) is 6.07 Å². The van der Waals surface area contributed by atoms with Crippen molar-refractivity contribution in [2.24, 2.45) is 0 Å². The number of hydrogen-bond acceptors (Lipinski definition) is 5. The largest absolute Gasteiger partial charge is 0.502 e. The molecule has 1 aromatic heterocycles. The van der Waals surface area contributed by atoms with E-state index in [0.717, 1.165) is 25.0 Å². The summed E-state index contributed by atoms with van der Waals surface area (Å²) < 4.78 is 41.7. The van der Waals surface area contributed by atoms with Crippen LogP contribution in [0.3, 0.4) is 0 Å². The fraction of sp³-hybridized carbons (Fsp3) is 0.381. The number of aromatic nitrogens is 1. The first-order chi connectivity index (χ1) is 15.3. The van der Waals surface area contributed by atoms with Gasteiger partial charge >= 0.3 is 0 Å². The molecule has 2 aliphatic heterocycles. The Bertz CT molecular complexity index is 1170. The molecule has 0 unspecified atom stereocenters. The number of carbonyl (C=O) groups excluding carboxylic acids is 2. The lowest BCUT2D eigenvalue weighted by atomic mass is 10.1. The maximum atomic E-state index is 13.9. The Hall–Kier alpha value is -3.50. The van der Waals surface area contributed by atoms with Crippen molar-refractivity contribution in [3.05, 3.63) is 62.8 Å². The van der Waals surface area contributed by atoms with E-state index in [0.29, 0.717) is 19.5 Å². The first kappa shape index (κ1) is 21.7. The van der Waals surface area contributed by atoms with Gasteiger partial charge in [0.2, 0.25) is 5.43 Å². The summed E-state index contributed by atoms with van der Waals surface area (Å²) in [6.07, 6.45) is 3.33.